The predicted octanol–water partition coefficient (Wildman–Crippen LogP) is 2.52. The van der Waals surface area contributed by atoms with Crippen LogP contribution in [0.25, 0.3) is 6.08 Å². The fourth-order valence-electron chi connectivity index (χ4n) is 3.72. The van der Waals surface area contributed by atoms with E-state index in [0.29, 0.717) is 22.2 Å². The van der Waals surface area contributed by atoms with Crippen LogP contribution in [-0.2, 0) is 22.6 Å². The van der Waals surface area contributed by atoms with Crippen LogP contribution in [-0.4, -0.2) is 58.0 Å². The van der Waals surface area contributed by atoms with Crippen LogP contribution >= 0.6 is 23.2 Å². The summed E-state index contributed by atoms with van der Waals surface area (Å²) in [5, 5.41) is 17.5. The van der Waals surface area contributed by atoms with E-state index in [1.54, 1.807) is 18.2 Å². The number of nitrogens with zero attached hydrogens (tertiary/aromatic N) is 3. The number of hydrogen-bond acceptors (Lipinski definition) is 6. The van der Waals surface area contributed by atoms with Crippen molar-refractivity contribution in [1.82, 2.24) is 30.9 Å². The molecule has 11 heteroatoms. The first kappa shape index (κ1) is 21.6. The molecule has 0 spiro atoms. The van der Waals surface area contributed by atoms with Crippen molar-refractivity contribution >= 4 is 41.3 Å². The van der Waals surface area contributed by atoms with Gasteiger partial charge in [0.25, 0.3) is 0 Å². The van der Waals surface area contributed by atoms with Gasteiger partial charge in [-0.1, -0.05) is 23.2 Å². The SMILES string of the molecule is O=C(CN1CCC(NC(=O)OCc2cc(Cl)cc(Cl)c2)C1)NC1=Cc2n[nH]nc2CC1. The number of nitrogens with one attached hydrogen (secondary N) is 3. The lowest BCUT2D eigenvalue weighted by molar-refractivity contribution is -0.121. The van der Waals surface area contributed by atoms with Crippen molar-refractivity contribution in [1.29, 1.82) is 0 Å². The number of halogens is 2. The van der Waals surface area contributed by atoms with Crippen LogP contribution in [0.5, 0.6) is 0 Å². The van der Waals surface area contributed by atoms with E-state index in [4.69, 9.17) is 27.9 Å². The largest absolute Gasteiger partial charge is 0.445 e. The summed E-state index contributed by atoms with van der Waals surface area (Å²) in [5.74, 6) is -0.0840. The van der Waals surface area contributed by atoms with Gasteiger partial charge >= 0.3 is 6.09 Å². The van der Waals surface area contributed by atoms with Crippen LogP contribution in [0.3, 0.4) is 0 Å². The molecule has 1 aliphatic carbocycles. The molecule has 1 unspecified atom stereocenters. The van der Waals surface area contributed by atoms with Crippen LogP contribution in [0.15, 0.2) is 23.9 Å². The zero-order valence-electron chi connectivity index (χ0n) is 16.7. The summed E-state index contributed by atoms with van der Waals surface area (Å²) in [7, 11) is 0. The molecule has 1 fully saturated rings. The number of aromatic amines is 1. The Balaban J connectivity index is 1.19. The smallest absolute Gasteiger partial charge is 0.407 e. The monoisotopic (exact) mass is 464 g/mol. The van der Waals surface area contributed by atoms with E-state index < -0.39 is 6.09 Å². The number of benzene rings is 1. The molecule has 0 bridgehead atoms. The van der Waals surface area contributed by atoms with E-state index in [2.05, 4.69) is 26.0 Å². The second-order valence-electron chi connectivity index (χ2n) is 7.59. The van der Waals surface area contributed by atoms with Gasteiger partial charge in [-0.15, -0.1) is 0 Å². The fraction of sp³-hybridized carbons (Fsp3) is 0.400. The molecule has 1 aliphatic heterocycles. The average Bonchev–Trinajstić information content (AvgIpc) is 3.34. The fourth-order valence-corrected chi connectivity index (χ4v) is 4.29. The average molecular weight is 465 g/mol. The lowest BCUT2D eigenvalue weighted by Gasteiger charge is -2.18. The van der Waals surface area contributed by atoms with Crippen molar-refractivity contribution in [2.45, 2.75) is 31.9 Å². The number of carbonyl (C=O) groups excluding carboxylic acids is 2. The molecular formula is C20H22Cl2N6O3. The molecule has 31 heavy (non-hydrogen) atoms. The van der Waals surface area contributed by atoms with Crippen LogP contribution in [0.1, 0.15) is 29.8 Å². The highest BCUT2D eigenvalue weighted by Crippen LogP contribution is 2.20. The highest BCUT2D eigenvalue weighted by molar-refractivity contribution is 6.34. The molecule has 9 nitrogen and oxygen atoms in total. The van der Waals surface area contributed by atoms with Gasteiger partial charge in [-0.25, -0.2) is 4.79 Å². The van der Waals surface area contributed by atoms with Gasteiger partial charge in [0.2, 0.25) is 5.91 Å². The summed E-state index contributed by atoms with van der Waals surface area (Å²) >= 11 is 11.9. The Bertz CT molecular complexity index is 988. The molecule has 4 rings (SSSR count). The molecule has 2 aliphatic rings. The van der Waals surface area contributed by atoms with Gasteiger partial charge in [-0.3, -0.25) is 9.69 Å². The summed E-state index contributed by atoms with van der Waals surface area (Å²) in [6.07, 6.45) is 3.55. The molecule has 3 N–H and O–H groups in total. The van der Waals surface area contributed by atoms with Crippen molar-refractivity contribution in [3.05, 3.63) is 50.9 Å². The highest BCUT2D eigenvalue weighted by Gasteiger charge is 2.26. The zero-order valence-corrected chi connectivity index (χ0v) is 18.2. The number of fused-ring (bicyclic) bond motifs is 1. The maximum absolute atomic E-state index is 12.4. The molecule has 2 heterocycles. The normalized spacial score (nSPS) is 18.3. The molecule has 1 saturated heterocycles. The lowest BCUT2D eigenvalue weighted by atomic mass is 10.1. The van der Waals surface area contributed by atoms with E-state index in [1.165, 1.54) is 0 Å². The molecule has 0 saturated carbocycles. The van der Waals surface area contributed by atoms with Gasteiger partial charge in [0.15, 0.2) is 0 Å². The Morgan fingerprint density at radius 3 is 2.81 bits per heavy atom. The number of rotatable bonds is 6. The van der Waals surface area contributed by atoms with Gasteiger partial charge in [0.1, 0.15) is 12.3 Å². The topological polar surface area (TPSA) is 112 Å². The number of ether oxygens (including phenoxy) is 1. The maximum Gasteiger partial charge on any atom is 0.407 e. The van der Waals surface area contributed by atoms with E-state index in [0.717, 1.165) is 42.9 Å². The Kier molecular flexibility index (Phi) is 6.74. The molecule has 164 valence electrons. The minimum Gasteiger partial charge on any atom is -0.445 e. The van der Waals surface area contributed by atoms with Crippen molar-refractivity contribution in [2.75, 3.05) is 19.6 Å². The molecular weight excluding hydrogens is 443 g/mol. The summed E-state index contributed by atoms with van der Waals surface area (Å²) < 4.78 is 5.25. The molecule has 0 radical (unpaired) electrons. The van der Waals surface area contributed by atoms with Gasteiger partial charge in [-0.2, -0.15) is 15.4 Å². The van der Waals surface area contributed by atoms with E-state index in [9.17, 15) is 9.59 Å². The number of aromatic nitrogens is 3. The lowest BCUT2D eigenvalue weighted by Crippen LogP contribution is -2.40. The van der Waals surface area contributed by atoms with Crippen LogP contribution < -0.4 is 10.6 Å². The zero-order chi connectivity index (χ0) is 21.8. The molecule has 1 aromatic heterocycles. The number of carbonyl (C=O) groups is 2. The second-order valence-corrected chi connectivity index (χ2v) is 8.47. The summed E-state index contributed by atoms with van der Waals surface area (Å²) in [4.78, 5) is 26.5. The molecule has 2 amide bonds. The third kappa shape index (κ3) is 5.96. The van der Waals surface area contributed by atoms with Crippen LogP contribution in [0, 0.1) is 0 Å². The van der Waals surface area contributed by atoms with Crippen molar-refractivity contribution in [3.63, 3.8) is 0 Å². The Hall–Kier alpha value is -2.62. The van der Waals surface area contributed by atoms with Crippen molar-refractivity contribution in [2.24, 2.45) is 0 Å². The Morgan fingerprint density at radius 2 is 2.00 bits per heavy atom. The van der Waals surface area contributed by atoms with Crippen molar-refractivity contribution < 1.29 is 14.3 Å². The number of H-pyrrole nitrogens is 1. The summed E-state index contributed by atoms with van der Waals surface area (Å²) in [5.41, 5.74) is 3.24. The first-order valence-corrected chi connectivity index (χ1v) is 10.7. The number of aryl methyl sites for hydroxylation is 1. The first-order valence-electron chi connectivity index (χ1n) is 9.95. The third-order valence-electron chi connectivity index (χ3n) is 5.15. The molecule has 1 atom stereocenters. The van der Waals surface area contributed by atoms with Gasteiger partial charge in [0, 0.05) is 34.9 Å². The van der Waals surface area contributed by atoms with Crippen LogP contribution in [0.2, 0.25) is 10.0 Å². The third-order valence-corrected chi connectivity index (χ3v) is 5.58. The van der Waals surface area contributed by atoms with E-state index in [1.807, 2.05) is 11.0 Å². The number of amides is 2. The first-order chi connectivity index (χ1) is 14.9. The van der Waals surface area contributed by atoms with Crippen molar-refractivity contribution in [3.8, 4) is 0 Å². The second kappa shape index (κ2) is 9.67. The summed E-state index contributed by atoms with van der Waals surface area (Å²) in [6.45, 7) is 1.64. The van der Waals surface area contributed by atoms with Gasteiger partial charge in [0.05, 0.1) is 12.2 Å². The summed E-state index contributed by atoms with van der Waals surface area (Å²) in [6, 6.07) is 4.94. The molecule has 2 aromatic rings. The minimum atomic E-state index is -0.511. The van der Waals surface area contributed by atoms with Crippen LogP contribution in [0.4, 0.5) is 4.79 Å². The standard InChI is InChI=1S/C20H22Cl2N6O3/c21-13-5-12(6-14(22)7-13)11-31-20(30)24-16-3-4-28(9-16)10-19(29)23-15-1-2-17-18(8-15)26-27-25-17/h5-8,16H,1-4,9-11H2,(H,23,29)(H,24,30)(H,25,26,27). The van der Waals surface area contributed by atoms with E-state index >= 15 is 0 Å². The Morgan fingerprint density at radius 1 is 1.19 bits per heavy atom. The number of allylic oxidation sites excluding steroid dienone is 1. The quantitative estimate of drug-likeness (QED) is 0.605. The van der Waals surface area contributed by atoms with E-state index in [-0.39, 0.29) is 25.1 Å². The molecule has 1 aromatic carbocycles. The minimum absolute atomic E-state index is 0.0742. The maximum atomic E-state index is 12.4. The van der Waals surface area contributed by atoms with Gasteiger partial charge in [-0.05, 0) is 49.1 Å². The Labute approximate surface area is 189 Å². The predicted molar refractivity (Wildman–Crippen MR) is 115 cm³/mol. The number of likely N-dealkylation sites (tertiary alicyclic amines) is 1. The number of alkyl carbamates (subject to hydrolysis) is 1. The number of hydrogen-bond donors (Lipinski definition) is 3. The highest BCUT2D eigenvalue weighted by atomic mass is 35.5. The van der Waals surface area contributed by atoms with Gasteiger partial charge < -0.3 is 15.4 Å².